The van der Waals surface area contributed by atoms with Gasteiger partial charge in [0.1, 0.15) is 5.82 Å². The van der Waals surface area contributed by atoms with E-state index in [1.54, 1.807) is 39.8 Å². The molecule has 0 aromatic heterocycles. The topological polar surface area (TPSA) is 46.2 Å². The fourth-order valence-corrected chi connectivity index (χ4v) is 4.76. The molecule has 0 bridgehead atoms. The molecule has 2 rings (SSSR count). The van der Waals surface area contributed by atoms with Gasteiger partial charge in [-0.1, -0.05) is 29.8 Å². The summed E-state index contributed by atoms with van der Waals surface area (Å²) in [6, 6.07) is 9.54. The monoisotopic (exact) mass is 335 g/mol. The van der Waals surface area contributed by atoms with Crippen LogP contribution < -0.4 is 4.72 Å². The minimum Gasteiger partial charge on any atom is -0.207 e. The maximum Gasteiger partial charge on any atom is 0.241 e. The molecule has 0 radical (unpaired) electrons. The zero-order valence-electron chi connectivity index (χ0n) is 14.1. The molecule has 0 saturated carbocycles. The van der Waals surface area contributed by atoms with Gasteiger partial charge in [0.25, 0.3) is 0 Å². The Bertz CT molecular complexity index is 802. The van der Waals surface area contributed by atoms with Crippen molar-refractivity contribution >= 4 is 10.0 Å². The number of hydrogen-bond acceptors (Lipinski definition) is 2. The molecule has 5 heteroatoms. The summed E-state index contributed by atoms with van der Waals surface area (Å²) < 4.78 is 41.5. The van der Waals surface area contributed by atoms with Crippen LogP contribution >= 0.6 is 0 Å². The van der Waals surface area contributed by atoms with Crippen LogP contribution in [0.5, 0.6) is 0 Å². The molecule has 23 heavy (non-hydrogen) atoms. The summed E-state index contributed by atoms with van der Waals surface area (Å²) in [5.41, 5.74) is 2.30. The van der Waals surface area contributed by atoms with E-state index in [0.29, 0.717) is 21.6 Å². The van der Waals surface area contributed by atoms with Crippen molar-refractivity contribution in [1.82, 2.24) is 4.72 Å². The average Bonchev–Trinajstić information content (AvgIpc) is 2.35. The summed E-state index contributed by atoms with van der Waals surface area (Å²) in [6.07, 6.45) is 0. The van der Waals surface area contributed by atoms with Crippen LogP contribution in [0.4, 0.5) is 4.39 Å². The quantitative estimate of drug-likeness (QED) is 0.919. The van der Waals surface area contributed by atoms with Crippen LogP contribution in [0.3, 0.4) is 0 Å². The predicted molar refractivity (Wildman–Crippen MR) is 90.4 cm³/mol. The molecule has 0 aliphatic heterocycles. The lowest BCUT2D eigenvalue weighted by molar-refractivity contribution is 0.470. The largest absolute Gasteiger partial charge is 0.241 e. The molecule has 2 aromatic rings. The van der Waals surface area contributed by atoms with E-state index in [-0.39, 0.29) is 5.82 Å². The van der Waals surface area contributed by atoms with E-state index in [4.69, 9.17) is 0 Å². The van der Waals surface area contributed by atoms with Crippen molar-refractivity contribution in [2.75, 3.05) is 0 Å². The third-order valence-corrected chi connectivity index (χ3v) is 5.79. The molecule has 0 fully saturated rings. The van der Waals surface area contributed by atoms with Crippen LogP contribution in [-0.4, -0.2) is 8.42 Å². The van der Waals surface area contributed by atoms with Gasteiger partial charge in [-0.2, -0.15) is 0 Å². The fourth-order valence-electron chi connectivity index (χ4n) is 2.90. The number of rotatable bonds is 4. The van der Waals surface area contributed by atoms with Gasteiger partial charge in [-0.25, -0.2) is 17.5 Å². The standard InChI is InChI=1S/C18H22FNO2S/c1-12-10-13(2)17(14(3)11-12)23(21,22)20-18(4,5)15-6-8-16(19)9-7-15/h6-11,20H,1-5H3. The molecule has 3 nitrogen and oxygen atoms in total. The van der Waals surface area contributed by atoms with Gasteiger partial charge in [-0.15, -0.1) is 0 Å². The number of aryl methyl sites for hydroxylation is 3. The summed E-state index contributed by atoms with van der Waals surface area (Å²) in [5.74, 6) is -0.349. The van der Waals surface area contributed by atoms with Crippen LogP contribution in [0.25, 0.3) is 0 Å². The van der Waals surface area contributed by atoms with Gasteiger partial charge in [-0.05, 0) is 63.4 Å². The van der Waals surface area contributed by atoms with Crippen LogP contribution in [0.1, 0.15) is 36.1 Å². The smallest absolute Gasteiger partial charge is 0.207 e. The first kappa shape index (κ1) is 17.6. The summed E-state index contributed by atoms with van der Waals surface area (Å²) >= 11 is 0. The SMILES string of the molecule is Cc1cc(C)c(S(=O)(=O)NC(C)(C)c2ccc(F)cc2)c(C)c1. The van der Waals surface area contributed by atoms with E-state index in [0.717, 1.165) is 5.56 Å². The van der Waals surface area contributed by atoms with Gasteiger partial charge >= 0.3 is 0 Å². The summed E-state index contributed by atoms with van der Waals surface area (Å²) in [4.78, 5) is 0.304. The zero-order valence-corrected chi connectivity index (χ0v) is 14.9. The Morgan fingerprint density at radius 3 is 1.91 bits per heavy atom. The van der Waals surface area contributed by atoms with Gasteiger partial charge in [0.15, 0.2) is 0 Å². The van der Waals surface area contributed by atoms with E-state index in [1.165, 1.54) is 12.1 Å². The Hall–Kier alpha value is -1.72. The third kappa shape index (κ3) is 3.79. The molecule has 0 unspecified atom stereocenters. The number of benzene rings is 2. The molecular formula is C18H22FNO2S. The van der Waals surface area contributed by atoms with E-state index in [1.807, 2.05) is 19.1 Å². The lowest BCUT2D eigenvalue weighted by Crippen LogP contribution is -2.41. The van der Waals surface area contributed by atoms with Gasteiger partial charge in [0.05, 0.1) is 10.4 Å². The fraction of sp³-hybridized carbons (Fsp3) is 0.333. The van der Waals surface area contributed by atoms with Crippen molar-refractivity contribution in [2.45, 2.75) is 45.1 Å². The molecule has 0 spiro atoms. The van der Waals surface area contributed by atoms with Crippen molar-refractivity contribution in [1.29, 1.82) is 0 Å². The Balaban J connectivity index is 2.43. The van der Waals surface area contributed by atoms with E-state index < -0.39 is 15.6 Å². The molecule has 0 aliphatic carbocycles. The lowest BCUT2D eigenvalue weighted by atomic mass is 9.96. The molecule has 0 aliphatic rings. The van der Waals surface area contributed by atoms with Crippen molar-refractivity contribution in [3.63, 3.8) is 0 Å². The molecule has 2 aromatic carbocycles. The minimum absolute atomic E-state index is 0.304. The van der Waals surface area contributed by atoms with Gasteiger partial charge in [0.2, 0.25) is 10.0 Å². The molecular weight excluding hydrogens is 313 g/mol. The third-order valence-electron chi connectivity index (χ3n) is 3.83. The number of nitrogens with one attached hydrogen (secondary N) is 1. The van der Waals surface area contributed by atoms with Gasteiger partial charge < -0.3 is 0 Å². The predicted octanol–water partition coefficient (Wildman–Crippen LogP) is 3.96. The molecule has 124 valence electrons. The maximum atomic E-state index is 13.1. The Morgan fingerprint density at radius 1 is 0.957 bits per heavy atom. The minimum atomic E-state index is -3.70. The van der Waals surface area contributed by atoms with Gasteiger partial charge in [-0.3, -0.25) is 0 Å². The second-order valence-electron chi connectivity index (χ2n) is 6.47. The molecule has 0 atom stereocenters. The lowest BCUT2D eigenvalue weighted by Gasteiger charge is -2.27. The number of sulfonamides is 1. The second-order valence-corrected chi connectivity index (χ2v) is 8.08. The highest BCUT2D eigenvalue weighted by Gasteiger charge is 2.30. The van der Waals surface area contributed by atoms with Crippen LogP contribution in [0, 0.1) is 26.6 Å². The zero-order chi connectivity index (χ0) is 17.4. The van der Waals surface area contributed by atoms with Crippen molar-refractivity contribution < 1.29 is 12.8 Å². The molecule has 1 N–H and O–H groups in total. The maximum absolute atomic E-state index is 13.1. The van der Waals surface area contributed by atoms with Crippen molar-refractivity contribution in [3.05, 3.63) is 64.5 Å². The molecule has 0 saturated heterocycles. The average molecular weight is 335 g/mol. The van der Waals surface area contributed by atoms with E-state index in [9.17, 15) is 12.8 Å². The first-order chi connectivity index (χ1) is 10.5. The van der Waals surface area contributed by atoms with Crippen LogP contribution in [-0.2, 0) is 15.6 Å². The first-order valence-corrected chi connectivity index (χ1v) is 8.89. The number of hydrogen-bond donors (Lipinski definition) is 1. The van der Waals surface area contributed by atoms with Crippen LogP contribution in [0.15, 0.2) is 41.3 Å². The Labute approximate surface area is 137 Å². The highest BCUT2D eigenvalue weighted by Crippen LogP contribution is 2.27. The van der Waals surface area contributed by atoms with E-state index >= 15 is 0 Å². The van der Waals surface area contributed by atoms with Crippen molar-refractivity contribution in [2.24, 2.45) is 0 Å². The number of halogens is 1. The van der Waals surface area contributed by atoms with E-state index in [2.05, 4.69) is 4.72 Å². The molecule has 0 heterocycles. The Morgan fingerprint density at radius 2 is 1.43 bits per heavy atom. The normalized spacial score (nSPS) is 12.4. The highest BCUT2D eigenvalue weighted by atomic mass is 32.2. The van der Waals surface area contributed by atoms with Gasteiger partial charge in [0, 0.05) is 0 Å². The summed E-state index contributed by atoms with van der Waals surface area (Å²) in [5, 5.41) is 0. The summed E-state index contributed by atoms with van der Waals surface area (Å²) in [7, 11) is -3.70. The first-order valence-electron chi connectivity index (χ1n) is 7.41. The molecule has 0 amide bonds. The highest BCUT2D eigenvalue weighted by molar-refractivity contribution is 7.89. The van der Waals surface area contributed by atoms with Crippen molar-refractivity contribution in [3.8, 4) is 0 Å². The Kier molecular flexibility index (Phi) is 4.64. The summed E-state index contributed by atoms with van der Waals surface area (Å²) in [6.45, 7) is 9.04. The second kappa shape index (κ2) is 6.06. The van der Waals surface area contributed by atoms with Crippen LogP contribution in [0.2, 0.25) is 0 Å².